The number of amides is 2. The van der Waals surface area contributed by atoms with Crippen molar-refractivity contribution in [1.29, 1.82) is 0 Å². The van der Waals surface area contributed by atoms with Crippen molar-refractivity contribution >= 4 is 17.5 Å². The van der Waals surface area contributed by atoms with Gasteiger partial charge in [-0.25, -0.2) is 4.39 Å². The summed E-state index contributed by atoms with van der Waals surface area (Å²) in [4.78, 5) is 26.0. The molecule has 2 N–H and O–H groups in total. The Morgan fingerprint density at radius 3 is 2.60 bits per heavy atom. The average molecular weight is 359 g/mol. The van der Waals surface area contributed by atoms with Gasteiger partial charge in [0.15, 0.2) is 0 Å². The number of fused-ring (bicyclic) bond motifs is 2. The second kappa shape index (κ2) is 6.29. The number of benzene rings is 1. The summed E-state index contributed by atoms with van der Waals surface area (Å²) in [5.74, 6) is -1.77. The highest BCUT2D eigenvalue weighted by atomic mass is 19.4. The molecule has 2 aliphatic heterocycles. The number of hydrogen-bond acceptors (Lipinski definition) is 3. The van der Waals surface area contributed by atoms with Crippen LogP contribution >= 0.6 is 0 Å². The third kappa shape index (κ3) is 3.33. The maximum atomic E-state index is 13.7. The monoisotopic (exact) mass is 359 g/mol. The molecule has 1 aromatic rings. The lowest BCUT2D eigenvalue weighted by Crippen LogP contribution is -2.49. The highest BCUT2D eigenvalue weighted by molar-refractivity contribution is 6.10. The number of alkyl halides is 3. The van der Waals surface area contributed by atoms with Crippen molar-refractivity contribution in [3.8, 4) is 0 Å². The summed E-state index contributed by atoms with van der Waals surface area (Å²) in [5, 5.41) is 4.88. The average Bonchev–Trinajstić information content (AvgIpc) is 2.76. The summed E-state index contributed by atoms with van der Waals surface area (Å²) in [5.41, 5.74) is -0.0365. The van der Waals surface area contributed by atoms with Gasteiger partial charge in [-0.3, -0.25) is 9.59 Å². The Bertz CT molecular complexity index is 699. The molecule has 25 heavy (non-hydrogen) atoms. The molecule has 9 heteroatoms. The standard InChI is InChI=1S/C16H17F4N3O2/c17-10-1-2-12-11(7-10)15(3-5-21-6-4-15)14(25)23(12)8-13(24)22-9-16(18,19)20/h1-2,7,21H,3-6,8-9H2,(H,22,24). The molecule has 0 saturated carbocycles. The van der Waals surface area contributed by atoms with Crippen LogP contribution in [0.4, 0.5) is 23.2 Å². The summed E-state index contributed by atoms with van der Waals surface area (Å²) in [6.07, 6.45) is -3.63. The summed E-state index contributed by atoms with van der Waals surface area (Å²) in [6.45, 7) is -0.854. The lowest BCUT2D eigenvalue weighted by atomic mass is 9.74. The first-order chi connectivity index (χ1) is 11.7. The molecule has 0 atom stereocenters. The van der Waals surface area contributed by atoms with E-state index in [9.17, 15) is 27.2 Å². The van der Waals surface area contributed by atoms with Gasteiger partial charge in [-0.05, 0) is 49.7 Å². The Morgan fingerprint density at radius 1 is 1.28 bits per heavy atom. The molecule has 2 aliphatic rings. The second-order valence-electron chi connectivity index (χ2n) is 6.28. The predicted octanol–water partition coefficient (Wildman–Crippen LogP) is 1.47. The molecule has 0 aliphatic carbocycles. The van der Waals surface area contributed by atoms with Crippen molar-refractivity contribution in [3.63, 3.8) is 0 Å². The molecular weight excluding hydrogens is 342 g/mol. The van der Waals surface area contributed by atoms with Crippen LogP contribution in [0.3, 0.4) is 0 Å². The summed E-state index contributed by atoms with van der Waals surface area (Å²) in [6, 6.07) is 3.86. The first-order valence-electron chi connectivity index (χ1n) is 7.89. The molecule has 136 valence electrons. The van der Waals surface area contributed by atoms with Crippen LogP contribution in [-0.4, -0.2) is 44.2 Å². The molecule has 0 radical (unpaired) electrons. The van der Waals surface area contributed by atoms with E-state index in [1.807, 2.05) is 0 Å². The number of carbonyl (C=O) groups excluding carboxylic acids is 2. The zero-order chi connectivity index (χ0) is 18.2. The van der Waals surface area contributed by atoms with Crippen molar-refractivity contribution in [3.05, 3.63) is 29.6 Å². The smallest absolute Gasteiger partial charge is 0.345 e. The zero-order valence-corrected chi connectivity index (χ0v) is 13.3. The molecular formula is C16H17F4N3O2. The summed E-state index contributed by atoms with van der Waals surface area (Å²) in [7, 11) is 0. The molecule has 0 bridgehead atoms. The van der Waals surface area contributed by atoms with E-state index < -0.39 is 36.4 Å². The first kappa shape index (κ1) is 17.7. The molecule has 0 unspecified atom stereocenters. The topological polar surface area (TPSA) is 61.4 Å². The van der Waals surface area contributed by atoms with Crippen LogP contribution < -0.4 is 15.5 Å². The van der Waals surface area contributed by atoms with E-state index in [4.69, 9.17) is 0 Å². The number of carbonyl (C=O) groups is 2. The van der Waals surface area contributed by atoms with Gasteiger partial charge in [0.2, 0.25) is 11.8 Å². The number of halogens is 4. The molecule has 5 nitrogen and oxygen atoms in total. The van der Waals surface area contributed by atoms with Crippen molar-refractivity contribution in [2.75, 3.05) is 31.1 Å². The molecule has 3 rings (SSSR count). The summed E-state index contributed by atoms with van der Waals surface area (Å²) >= 11 is 0. The Hall–Kier alpha value is -2.16. The number of hydrogen-bond donors (Lipinski definition) is 2. The van der Waals surface area contributed by atoms with Crippen LogP contribution in [-0.2, 0) is 15.0 Å². The van der Waals surface area contributed by atoms with E-state index in [1.54, 1.807) is 5.32 Å². The normalized spacial score (nSPS) is 19.2. The number of anilines is 1. The van der Waals surface area contributed by atoms with Crippen LogP contribution in [0.15, 0.2) is 18.2 Å². The van der Waals surface area contributed by atoms with Crippen LogP contribution in [0.2, 0.25) is 0 Å². The molecule has 1 aromatic carbocycles. The Balaban J connectivity index is 1.86. The Morgan fingerprint density at radius 2 is 1.96 bits per heavy atom. The molecule has 1 saturated heterocycles. The fourth-order valence-corrected chi connectivity index (χ4v) is 3.50. The van der Waals surface area contributed by atoms with Gasteiger partial charge in [0.1, 0.15) is 18.9 Å². The molecule has 0 aromatic heterocycles. The highest BCUT2D eigenvalue weighted by Crippen LogP contribution is 2.47. The zero-order valence-electron chi connectivity index (χ0n) is 13.3. The maximum Gasteiger partial charge on any atom is 0.405 e. The number of nitrogens with one attached hydrogen (secondary N) is 2. The minimum Gasteiger partial charge on any atom is -0.345 e. The van der Waals surface area contributed by atoms with Gasteiger partial charge >= 0.3 is 6.18 Å². The number of rotatable bonds is 3. The van der Waals surface area contributed by atoms with E-state index in [1.165, 1.54) is 18.2 Å². The highest BCUT2D eigenvalue weighted by Gasteiger charge is 2.51. The van der Waals surface area contributed by atoms with E-state index in [0.29, 0.717) is 37.2 Å². The second-order valence-corrected chi connectivity index (χ2v) is 6.28. The van der Waals surface area contributed by atoms with Crippen molar-refractivity contribution < 1.29 is 27.2 Å². The van der Waals surface area contributed by atoms with Crippen LogP contribution in [0.5, 0.6) is 0 Å². The van der Waals surface area contributed by atoms with Crippen molar-refractivity contribution in [2.24, 2.45) is 0 Å². The fourth-order valence-electron chi connectivity index (χ4n) is 3.50. The maximum absolute atomic E-state index is 13.7. The minimum atomic E-state index is -4.53. The largest absolute Gasteiger partial charge is 0.405 e. The van der Waals surface area contributed by atoms with Crippen LogP contribution in [0, 0.1) is 5.82 Å². The predicted molar refractivity (Wildman–Crippen MR) is 81.6 cm³/mol. The molecule has 2 heterocycles. The van der Waals surface area contributed by atoms with Crippen LogP contribution in [0.1, 0.15) is 18.4 Å². The Labute approximate surface area is 141 Å². The third-order valence-electron chi connectivity index (χ3n) is 4.66. The van der Waals surface area contributed by atoms with Gasteiger partial charge < -0.3 is 15.5 Å². The van der Waals surface area contributed by atoms with Gasteiger partial charge in [-0.2, -0.15) is 13.2 Å². The van der Waals surface area contributed by atoms with Crippen molar-refractivity contribution in [2.45, 2.75) is 24.4 Å². The van der Waals surface area contributed by atoms with E-state index in [0.717, 1.165) is 4.90 Å². The van der Waals surface area contributed by atoms with Gasteiger partial charge in [0, 0.05) is 5.69 Å². The SMILES string of the molecule is O=C(CN1C(=O)C2(CCNCC2)c2cc(F)ccc21)NCC(F)(F)F. The number of piperidine rings is 1. The summed E-state index contributed by atoms with van der Waals surface area (Å²) < 4.78 is 50.4. The van der Waals surface area contributed by atoms with E-state index >= 15 is 0 Å². The van der Waals surface area contributed by atoms with Gasteiger partial charge in [0.05, 0.1) is 5.41 Å². The van der Waals surface area contributed by atoms with Crippen LogP contribution in [0.25, 0.3) is 0 Å². The third-order valence-corrected chi connectivity index (χ3v) is 4.66. The van der Waals surface area contributed by atoms with Gasteiger partial charge in [-0.15, -0.1) is 0 Å². The van der Waals surface area contributed by atoms with E-state index in [-0.39, 0.29) is 5.91 Å². The molecule has 1 fully saturated rings. The Kier molecular flexibility index (Phi) is 4.44. The van der Waals surface area contributed by atoms with Gasteiger partial charge in [0.25, 0.3) is 0 Å². The lowest BCUT2D eigenvalue weighted by molar-refractivity contribution is -0.138. The molecule has 1 spiro atoms. The van der Waals surface area contributed by atoms with Crippen molar-refractivity contribution in [1.82, 2.24) is 10.6 Å². The lowest BCUT2D eigenvalue weighted by Gasteiger charge is -2.33. The fraction of sp³-hybridized carbons (Fsp3) is 0.500. The quantitative estimate of drug-likeness (QED) is 0.804. The van der Waals surface area contributed by atoms with Gasteiger partial charge in [-0.1, -0.05) is 0 Å². The minimum absolute atomic E-state index is 0.364. The van der Waals surface area contributed by atoms with E-state index in [2.05, 4.69) is 5.32 Å². The first-order valence-corrected chi connectivity index (χ1v) is 7.89. The molecule has 2 amide bonds. The number of nitrogens with zero attached hydrogens (tertiary/aromatic N) is 1.